The van der Waals surface area contributed by atoms with Gasteiger partial charge in [-0.2, -0.15) is 0 Å². The molecule has 0 spiro atoms. The van der Waals surface area contributed by atoms with Crippen LogP contribution in [0.2, 0.25) is 0 Å². The summed E-state index contributed by atoms with van der Waals surface area (Å²) in [7, 11) is 0. The summed E-state index contributed by atoms with van der Waals surface area (Å²) in [6.07, 6.45) is 2.30. The number of esters is 2. The van der Waals surface area contributed by atoms with Gasteiger partial charge in [0.2, 0.25) is 5.91 Å². The fourth-order valence-electron chi connectivity index (χ4n) is 2.86. The second kappa shape index (κ2) is 10.4. The third-order valence-corrected chi connectivity index (χ3v) is 4.17. The molecule has 7 nitrogen and oxygen atoms in total. The van der Waals surface area contributed by atoms with Crippen LogP contribution in [0.1, 0.15) is 32.3 Å². The summed E-state index contributed by atoms with van der Waals surface area (Å²) in [5, 5.41) is 1.10. The number of rotatable bonds is 10. The Bertz CT molecular complexity index is 784. The lowest BCUT2D eigenvalue weighted by atomic mass is 10.1. The van der Waals surface area contributed by atoms with Crippen LogP contribution in [0.3, 0.4) is 0 Å². The lowest BCUT2D eigenvalue weighted by Gasteiger charge is -2.22. The summed E-state index contributed by atoms with van der Waals surface area (Å²) < 4.78 is 9.78. The lowest BCUT2D eigenvalue weighted by Crippen LogP contribution is -2.36. The van der Waals surface area contributed by atoms with Crippen molar-refractivity contribution in [1.29, 1.82) is 0 Å². The molecule has 27 heavy (non-hydrogen) atoms. The van der Waals surface area contributed by atoms with Gasteiger partial charge in [-0.25, -0.2) is 0 Å². The highest BCUT2D eigenvalue weighted by atomic mass is 16.5. The van der Waals surface area contributed by atoms with Gasteiger partial charge in [0.25, 0.3) is 0 Å². The monoisotopic (exact) mass is 374 g/mol. The SMILES string of the molecule is CCOC(=O)CCN(CCc1c[nH]c2ccccc12)C(=O)CC(=O)OCC. The van der Waals surface area contributed by atoms with Crippen molar-refractivity contribution in [2.24, 2.45) is 0 Å². The molecule has 0 aliphatic heterocycles. The fraction of sp³-hybridized carbons (Fsp3) is 0.450. The Kier molecular flexibility index (Phi) is 7.85. The Morgan fingerprint density at radius 2 is 1.70 bits per heavy atom. The normalized spacial score (nSPS) is 10.6. The van der Waals surface area contributed by atoms with E-state index in [9.17, 15) is 14.4 Å². The molecule has 1 N–H and O–H groups in total. The number of carbonyl (C=O) groups excluding carboxylic acids is 3. The van der Waals surface area contributed by atoms with E-state index in [0.717, 1.165) is 16.5 Å². The molecule has 0 aliphatic rings. The molecule has 1 aromatic heterocycles. The van der Waals surface area contributed by atoms with E-state index >= 15 is 0 Å². The Morgan fingerprint density at radius 1 is 1.00 bits per heavy atom. The average Bonchev–Trinajstić information content (AvgIpc) is 3.05. The van der Waals surface area contributed by atoms with Crippen molar-refractivity contribution in [2.75, 3.05) is 26.3 Å². The first-order valence-electron chi connectivity index (χ1n) is 9.19. The number of hydrogen-bond acceptors (Lipinski definition) is 5. The molecule has 0 radical (unpaired) electrons. The zero-order valence-corrected chi connectivity index (χ0v) is 15.8. The van der Waals surface area contributed by atoms with E-state index in [1.165, 1.54) is 4.90 Å². The second-order valence-corrected chi connectivity index (χ2v) is 6.03. The van der Waals surface area contributed by atoms with Crippen molar-refractivity contribution >= 4 is 28.7 Å². The molecule has 0 fully saturated rings. The number of nitrogens with one attached hydrogen (secondary N) is 1. The van der Waals surface area contributed by atoms with E-state index < -0.39 is 5.97 Å². The van der Waals surface area contributed by atoms with E-state index in [4.69, 9.17) is 9.47 Å². The summed E-state index contributed by atoms with van der Waals surface area (Å²) in [6.45, 7) is 4.56. The van der Waals surface area contributed by atoms with E-state index in [1.807, 2.05) is 30.5 Å². The quantitative estimate of drug-likeness (QED) is 0.510. The highest BCUT2D eigenvalue weighted by Crippen LogP contribution is 2.18. The molecule has 0 saturated heterocycles. The number of aromatic nitrogens is 1. The number of nitrogens with zero attached hydrogens (tertiary/aromatic N) is 1. The number of aromatic amines is 1. The second-order valence-electron chi connectivity index (χ2n) is 6.03. The highest BCUT2D eigenvalue weighted by Gasteiger charge is 2.19. The number of ether oxygens (including phenoxy) is 2. The lowest BCUT2D eigenvalue weighted by molar-refractivity contribution is -0.148. The molecule has 0 atom stereocenters. The van der Waals surface area contributed by atoms with Gasteiger partial charge in [0.05, 0.1) is 19.6 Å². The average molecular weight is 374 g/mol. The molecular weight excluding hydrogens is 348 g/mol. The van der Waals surface area contributed by atoms with Crippen molar-refractivity contribution in [2.45, 2.75) is 33.1 Å². The predicted molar refractivity (Wildman–Crippen MR) is 101 cm³/mol. The van der Waals surface area contributed by atoms with Crippen LogP contribution in [0.4, 0.5) is 0 Å². The molecule has 1 aromatic carbocycles. The molecule has 1 amide bonds. The summed E-state index contributed by atoms with van der Waals surface area (Å²) in [6, 6.07) is 7.93. The van der Waals surface area contributed by atoms with Crippen molar-refractivity contribution in [3.8, 4) is 0 Å². The minimum Gasteiger partial charge on any atom is -0.466 e. The van der Waals surface area contributed by atoms with Gasteiger partial charge in [-0.05, 0) is 31.9 Å². The van der Waals surface area contributed by atoms with E-state index in [-0.39, 0.29) is 37.9 Å². The molecule has 0 saturated carbocycles. The van der Waals surface area contributed by atoms with Crippen molar-refractivity contribution in [1.82, 2.24) is 9.88 Å². The Hall–Kier alpha value is -2.83. The Balaban J connectivity index is 2.02. The third-order valence-electron chi connectivity index (χ3n) is 4.17. The van der Waals surface area contributed by atoms with Gasteiger partial charge in [0, 0.05) is 30.2 Å². The molecule has 146 valence electrons. The zero-order valence-electron chi connectivity index (χ0n) is 15.8. The van der Waals surface area contributed by atoms with Crippen LogP contribution in [-0.2, 0) is 30.3 Å². The predicted octanol–water partition coefficient (Wildman–Crippen LogP) is 2.45. The maximum absolute atomic E-state index is 12.5. The molecular formula is C20H26N2O5. The van der Waals surface area contributed by atoms with Crippen molar-refractivity contribution in [3.63, 3.8) is 0 Å². The highest BCUT2D eigenvalue weighted by molar-refractivity contribution is 5.94. The van der Waals surface area contributed by atoms with Crippen LogP contribution in [0.25, 0.3) is 10.9 Å². The van der Waals surface area contributed by atoms with Gasteiger partial charge >= 0.3 is 11.9 Å². The maximum atomic E-state index is 12.5. The number of hydrogen-bond donors (Lipinski definition) is 1. The Labute approximate surface area is 158 Å². The summed E-state index contributed by atoms with van der Waals surface area (Å²) >= 11 is 0. The van der Waals surface area contributed by atoms with Crippen molar-refractivity contribution < 1.29 is 23.9 Å². The first-order chi connectivity index (χ1) is 13.0. The Morgan fingerprint density at radius 3 is 2.44 bits per heavy atom. The van der Waals surface area contributed by atoms with Crippen LogP contribution < -0.4 is 0 Å². The van der Waals surface area contributed by atoms with E-state index in [0.29, 0.717) is 19.6 Å². The van der Waals surface area contributed by atoms with Crippen LogP contribution in [0.5, 0.6) is 0 Å². The molecule has 1 heterocycles. The van der Waals surface area contributed by atoms with Gasteiger partial charge in [-0.3, -0.25) is 14.4 Å². The topological polar surface area (TPSA) is 88.7 Å². The fourth-order valence-corrected chi connectivity index (χ4v) is 2.86. The number of benzene rings is 1. The van der Waals surface area contributed by atoms with Gasteiger partial charge < -0.3 is 19.4 Å². The molecule has 0 bridgehead atoms. The molecule has 0 aliphatic carbocycles. The summed E-state index contributed by atoms with van der Waals surface area (Å²) in [5.41, 5.74) is 2.11. The van der Waals surface area contributed by atoms with Crippen LogP contribution in [0, 0.1) is 0 Å². The first-order valence-corrected chi connectivity index (χ1v) is 9.19. The van der Waals surface area contributed by atoms with E-state index in [1.54, 1.807) is 13.8 Å². The van der Waals surface area contributed by atoms with Crippen LogP contribution in [-0.4, -0.2) is 54.0 Å². The standard InChI is InChI=1S/C20H26N2O5/c1-3-26-19(24)10-12-22(18(23)13-20(25)27-4-2)11-9-15-14-21-17-8-6-5-7-16(15)17/h5-8,14,21H,3-4,9-13H2,1-2H3. The van der Waals surface area contributed by atoms with Gasteiger partial charge in [-0.1, -0.05) is 18.2 Å². The minimum atomic E-state index is -0.560. The number of H-pyrrole nitrogens is 1. The smallest absolute Gasteiger partial charge is 0.315 e. The summed E-state index contributed by atoms with van der Waals surface area (Å²) in [4.78, 5) is 40.5. The largest absolute Gasteiger partial charge is 0.466 e. The zero-order chi connectivity index (χ0) is 19.6. The van der Waals surface area contributed by atoms with Gasteiger partial charge in [0.1, 0.15) is 6.42 Å². The molecule has 7 heteroatoms. The maximum Gasteiger partial charge on any atom is 0.315 e. The minimum absolute atomic E-state index is 0.0935. The number of carbonyl (C=O) groups is 3. The van der Waals surface area contributed by atoms with Crippen LogP contribution in [0.15, 0.2) is 30.5 Å². The number of para-hydroxylation sites is 1. The number of amides is 1. The third kappa shape index (κ3) is 6.13. The van der Waals surface area contributed by atoms with Crippen LogP contribution >= 0.6 is 0 Å². The summed E-state index contributed by atoms with van der Waals surface area (Å²) in [5.74, 6) is -1.27. The van der Waals surface area contributed by atoms with E-state index in [2.05, 4.69) is 4.98 Å². The molecule has 2 aromatic rings. The molecule has 2 rings (SSSR count). The van der Waals surface area contributed by atoms with Gasteiger partial charge in [-0.15, -0.1) is 0 Å². The van der Waals surface area contributed by atoms with Gasteiger partial charge in [0.15, 0.2) is 0 Å². The van der Waals surface area contributed by atoms with Crippen molar-refractivity contribution in [3.05, 3.63) is 36.0 Å². The first kappa shape index (κ1) is 20.5. The number of fused-ring (bicyclic) bond motifs is 1. The molecule has 0 unspecified atom stereocenters.